The molecular formula is C20H15FN2O3S. The lowest BCUT2D eigenvalue weighted by molar-refractivity contribution is -0.123. The molecule has 1 N–H and O–H groups in total. The summed E-state index contributed by atoms with van der Waals surface area (Å²) >= 11 is 1.13. The van der Waals surface area contributed by atoms with Crippen molar-refractivity contribution in [1.29, 1.82) is 5.26 Å². The standard InChI is InChI=1S/C20H15FN2O3S/c1-11-17-15(21)7-4-8-16(17)27-18(11)20(25)26-12(2)19(24)23-14-6-3-5-13(9-14)10-22/h3-9,12H,1-2H3,(H,23,24)/t12-/m1/s1. The quantitative estimate of drug-likeness (QED) is 0.678. The number of carbonyl (C=O) groups is 2. The number of nitriles is 1. The number of nitrogens with zero attached hydrogens (tertiary/aromatic N) is 1. The summed E-state index contributed by atoms with van der Waals surface area (Å²) in [6, 6.07) is 13.0. The van der Waals surface area contributed by atoms with Gasteiger partial charge in [-0.05, 0) is 49.7 Å². The van der Waals surface area contributed by atoms with Gasteiger partial charge in [-0.2, -0.15) is 5.26 Å². The molecular weight excluding hydrogens is 367 g/mol. The lowest BCUT2D eigenvalue weighted by Gasteiger charge is -2.13. The zero-order valence-corrected chi connectivity index (χ0v) is 15.4. The molecule has 0 fully saturated rings. The van der Waals surface area contributed by atoms with Crippen LogP contribution >= 0.6 is 11.3 Å². The van der Waals surface area contributed by atoms with Crippen LogP contribution in [-0.4, -0.2) is 18.0 Å². The molecule has 1 heterocycles. The van der Waals surface area contributed by atoms with Crippen molar-refractivity contribution >= 4 is 39.0 Å². The fourth-order valence-electron chi connectivity index (χ4n) is 2.63. The molecule has 1 atom stereocenters. The monoisotopic (exact) mass is 382 g/mol. The summed E-state index contributed by atoms with van der Waals surface area (Å²) in [5.74, 6) is -1.60. The molecule has 5 nitrogen and oxygen atoms in total. The smallest absolute Gasteiger partial charge is 0.349 e. The lowest BCUT2D eigenvalue weighted by Crippen LogP contribution is -2.30. The second kappa shape index (κ2) is 7.56. The highest BCUT2D eigenvalue weighted by Gasteiger charge is 2.23. The Kier molecular flexibility index (Phi) is 5.19. The summed E-state index contributed by atoms with van der Waals surface area (Å²) in [7, 11) is 0. The summed E-state index contributed by atoms with van der Waals surface area (Å²) in [6.07, 6.45) is -1.06. The van der Waals surface area contributed by atoms with E-state index in [9.17, 15) is 14.0 Å². The normalized spacial score (nSPS) is 11.6. The zero-order valence-electron chi connectivity index (χ0n) is 14.6. The molecule has 2 aromatic carbocycles. The summed E-state index contributed by atoms with van der Waals surface area (Å²) in [5.41, 5.74) is 1.33. The molecule has 0 radical (unpaired) electrons. The number of anilines is 1. The van der Waals surface area contributed by atoms with Crippen LogP contribution in [0.4, 0.5) is 10.1 Å². The predicted molar refractivity (Wildman–Crippen MR) is 101 cm³/mol. The van der Waals surface area contributed by atoms with Gasteiger partial charge >= 0.3 is 5.97 Å². The molecule has 0 unspecified atom stereocenters. The van der Waals surface area contributed by atoms with E-state index in [2.05, 4.69) is 5.32 Å². The number of fused-ring (bicyclic) bond motifs is 1. The SMILES string of the molecule is Cc1c(C(=O)O[C@H](C)C(=O)Nc2cccc(C#N)c2)sc2cccc(F)c12. The molecule has 0 aliphatic rings. The van der Waals surface area contributed by atoms with Crippen LogP contribution < -0.4 is 5.32 Å². The van der Waals surface area contributed by atoms with Gasteiger partial charge in [-0.1, -0.05) is 12.1 Å². The van der Waals surface area contributed by atoms with Gasteiger partial charge in [0.25, 0.3) is 5.91 Å². The number of benzene rings is 2. The van der Waals surface area contributed by atoms with Crippen LogP contribution in [-0.2, 0) is 9.53 Å². The number of hydrogen-bond acceptors (Lipinski definition) is 5. The molecule has 0 saturated carbocycles. The largest absolute Gasteiger partial charge is 0.448 e. The van der Waals surface area contributed by atoms with Gasteiger partial charge in [-0.3, -0.25) is 4.79 Å². The molecule has 0 saturated heterocycles. The molecule has 1 aromatic heterocycles. The second-order valence-corrected chi connectivity index (χ2v) is 6.95. The van der Waals surface area contributed by atoms with Gasteiger partial charge in [0.1, 0.15) is 10.7 Å². The molecule has 27 heavy (non-hydrogen) atoms. The van der Waals surface area contributed by atoms with E-state index in [1.807, 2.05) is 6.07 Å². The Labute approximate surface area is 159 Å². The van der Waals surface area contributed by atoms with E-state index >= 15 is 0 Å². The maximum atomic E-state index is 14.0. The molecule has 7 heteroatoms. The summed E-state index contributed by atoms with van der Waals surface area (Å²) in [4.78, 5) is 25.0. The van der Waals surface area contributed by atoms with Crippen molar-refractivity contribution in [1.82, 2.24) is 0 Å². The predicted octanol–water partition coefficient (Wildman–Crippen LogP) is 4.40. The summed E-state index contributed by atoms with van der Waals surface area (Å²) in [5, 5.41) is 11.9. The van der Waals surface area contributed by atoms with Gasteiger partial charge in [0, 0.05) is 15.8 Å². The van der Waals surface area contributed by atoms with Crippen molar-refractivity contribution in [2.45, 2.75) is 20.0 Å². The van der Waals surface area contributed by atoms with Gasteiger partial charge in [0.2, 0.25) is 0 Å². The molecule has 3 rings (SSSR count). The molecule has 3 aromatic rings. The highest BCUT2D eigenvalue weighted by Crippen LogP contribution is 2.33. The topological polar surface area (TPSA) is 79.2 Å². The van der Waals surface area contributed by atoms with Crippen molar-refractivity contribution in [3.63, 3.8) is 0 Å². The molecule has 136 valence electrons. The number of ether oxygens (including phenoxy) is 1. The van der Waals surface area contributed by atoms with Crippen LogP contribution in [0.5, 0.6) is 0 Å². The van der Waals surface area contributed by atoms with E-state index in [4.69, 9.17) is 10.00 Å². The van der Waals surface area contributed by atoms with Crippen LogP contribution in [0.15, 0.2) is 42.5 Å². The van der Waals surface area contributed by atoms with E-state index in [0.717, 1.165) is 11.3 Å². The molecule has 0 spiro atoms. The Balaban J connectivity index is 1.74. The highest BCUT2D eigenvalue weighted by molar-refractivity contribution is 7.21. The fourth-order valence-corrected chi connectivity index (χ4v) is 3.73. The summed E-state index contributed by atoms with van der Waals surface area (Å²) < 4.78 is 19.9. The number of rotatable bonds is 4. The Hall–Kier alpha value is -3.24. The minimum Gasteiger partial charge on any atom is -0.448 e. The number of aryl methyl sites for hydroxylation is 1. The van der Waals surface area contributed by atoms with Gasteiger partial charge in [-0.25, -0.2) is 9.18 Å². The third kappa shape index (κ3) is 3.81. The molecule has 1 amide bonds. The number of nitrogens with one attached hydrogen (secondary N) is 1. The molecule has 0 aliphatic heterocycles. The number of hydrogen-bond donors (Lipinski definition) is 1. The van der Waals surface area contributed by atoms with Crippen molar-refractivity contribution < 1.29 is 18.7 Å². The van der Waals surface area contributed by atoms with Gasteiger partial charge in [0.15, 0.2) is 6.10 Å². The first-order valence-corrected chi connectivity index (χ1v) is 8.92. The third-order valence-corrected chi connectivity index (χ3v) is 5.24. The maximum absolute atomic E-state index is 14.0. The minimum absolute atomic E-state index is 0.265. The minimum atomic E-state index is -1.06. The Morgan fingerprint density at radius 3 is 2.70 bits per heavy atom. The van der Waals surface area contributed by atoms with E-state index in [0.29, 0.717) is 26.9 Å². The van der Waals surface area contributed by atoms with Crippen LogP contribution in [0.3, 0.4) is 0 Å². The number of amides is 1. The number of esters is 1. The molecule has 0 aliphatic carbocycles. The van der Waals surface area contributed by atoms with E-state index in [1.165, 1.54) is 19.1 Å². The zero-order chi connectivity index (χ0) is 19.6. The van der Waals surface area contributed by atoms with Crippen LogP contribution in [0.2, 0.25) is 0 Å². The lowest BCUT2D eigenvalue weighted by atomic mass is 10.1. The van der Waals surface area contributed by atoms with Crippen LogP contribution in [0, 0.1) is 24.1 Å². The van der Waals surface area contributed by atoms with E-state index in [-0.39, 0.29) is 4.88 Å². The number of carbonyl (C=O) groups excluding carboxylic acids is 2. The first-order valence-electron chi connectivity index (χ1n) is 8.10. The number of halogens is 1. The second-order valence-electron chi connectivity index (χ2n) is 5.90. The van der Waals surface area contributed by atoms with Crippen molar-refractivity contribution in [3.05, 3.63) is 64.3 Å². The van der Waals surface area contributed by atoms with Crippen molar-refractivity contribution in [3.8, 4) is 6.07 Å². The Bertz CT molecular complexity index is 1080. The number of thiophene rings is 1. The maximum Gasteiger partial charge on any atom is 0.349 e. The first-order chi connectivity index (χ1) is 12.9. The van der Waals surface area contributed by atoms with Crippen LogP contribution in [0.1, 0.15) is 27.7 Å². The van der Waals surface area contributed by atoms with Gasteiger partial charge in [-0.15, -0.1) is 11.3 Å². The van der Waals surface area contributed by atoms with E-state index < -0.39 is 23.8 Å². The third-order valence-electron chi connectivity index (χ3n) is 4.00. The highest BCUT2D eigenvalue weighted by atomic mass is 32.1. The van der Waals surface area contributed by atoms with Crippen LogP contribution in [0.25, 0.3) is 10.1 Å². The fraction of sp³-hybridized carbons (Fsp3) is 0.150. The van der Waals surface area contributed by atoms with Gasteiger partial charge in [0.05, 0.1) is 11.6 Å². The van der Waals surface area contributed by atoms with Gasteiger partial charge < -0.3 is 10.1 Å². The average molecular weight is 382 g/mol. The van der Waals surface area contributed by atoms with E-state index in [1.54, 1.807) is 37.3 Å². The Morgan fingerprint density at radius 2 is 2.00 bits per heavy atom. The van der Waals surface area contributed by atoms with Crippen molar-refractivity contribution in [2.75, 3.05) is 5.32 Å². The molecule has 0 bridgehead atoms. The van der Waals surface area contributed by atoms with Crippen molar-refractivity contribution in [2.24, 2.45) is 0 Å². The summed E-state index contributed by atoms with van der Waals surface area (Å²) in [6.45, 7) is 3.10. The first kappa shape index (κ1) is 18.5. The Morgan fingerprint density at radius 1 is 1.26 bits per heavy atom. The average Bonchev–Trinajstić information content (AvgIpc) is 3.00.